The zero-order valence-corrected chi connectivity index (χ0v) is 10.7. The first kappa shape index (κ1) is 13.3. The summed E-state index contributed by atoms with van der Waals surface area (Å²) in [6, 6.07) is 0. The van der Waals surface area contributed by atoms with Crippen LogP contribution < -0.4 is 5.32 Å². The van der Waals surface area contributed by atoms with E-state index in [1.807, 2.05) is 0 Å². The van der Waals surface area contributed by atoms with Gasteiger partial charge >= 0.3 is 0 Å². The molecule has 0 radical (unpaired) electrons. The first-order valence-electron chi connectivity index (χ1n) is 6.68. The van der Waals surface area contributed by atoms with Crippen molar-refractivity contribution in [3.05, 3.63) is 21.5 Å². The molecule has 6 heteroatoms. The molecular formula is C12H21N3O3. The van der Waals surface area contributed by atoms with Crippen LogP contribution in [0.3, 0.4) is 0 Å². The van der Waals surface area contributed by atoms with Gasteiger partial charge in [0.25, 0.3) is 5.70 Å². The standard InChI is InChI=1S/C12H21N3O3/c16-15(17)12(10-14-6-8-18-9-7-14)11-4-2-1-3-5-13-11/h13H,1-10H2/b12-11+. The number of nitrogens with one attached hydrogen (secondary N) is 1. The molecule has 0 amide bonds. The number of rotatable bonds is 3. The lowest BCUT2D eigenvalue weighted by molar-refractivity contribution is -0.430. The lowest BCUT2D eigenvalue weighted by Gasteiger charge is -2.25. The highest BCUT2D eigenvalue weighted by Gasteiger charge is 2.23. The summed E-state index contributed by atoms with van der Waals surface area (Å²) in [4.78, 5) is 13.1. The molecule has 0 atom stereocenters. The number of nitrogens with zero attached hydrogens (tertiary/aromatic N) is 2. The van der Waals surface area contributed by atoms with Crippen molar-refractivity contribution in [1.82, 2.24) is 10.2 Å². The van der Waals surface area contributed by atoms with Crippen molar-refractivity contribution >= 4 is 0 Å². The first-order valence-corrected chi connectivity index (χ1v) is 6.68. The van der Waals surface area contributed by atoms with E-state index in [0.717, 1.165) is 51.0 Å². The Bertz CT molecular complexity index is 315. The van der Waals surface area contributed by atoms with Crippen molar-refractivity contribution in [3.8, 4) is 0 Å². The number of ether oxygens (including phenoxy) is 1. The van der Waals surface area contributed by atoms with Crippen LogP contribution >= 0.6 is 0 Å². The number of allylic oxidation sites excluding steroid dienone is 1. The number of morpholine rings is 1. The smallest absolute Gasteiger partial charge is 0.278 e. The quantitative estimate of drug-likeness (QED) is 0.601. The molecule has 0 aromatic heterocycles. The van der Waals surface area contributed by atoms with Crippen LogP contribution in [0.2, 0.25) is 0 Å². The van der Waals surface area contributed by atoms with Gasteiger partial charge in [0.05, 0.1) is 30.4 Å². The molecule has 6 nitrogen and oxygen atoms in total. The SMILES string of the molecule is O=[N+]([O-])/C(CN1CCOCC1)=C1\CCCCCN1. The highest BCUT2D eigenvalue weighted by molar-refractivity contribution is 5.09. The van der Waals surface area contributed by atoms with Gasteiger partial charge in [0.2, 0.25) is 0 Å². The normalized spacial score (nSPS) is 25.1. The Labute approximate surface area is 107 Å². The van der Waals surface area contributed by atoms with Gasteiger partial charge in [-0.2, -0.15) is 0 Å². The molecule has 102 valence electrons. The van der Waals surface area contributed by atoms with Gasteiger partial charge in [0.1, 0.15) is 0 Å². The van der Waals surface area contributed by atoms with E-state index < -0.39 is 0 Å². The Kier molecular flexibility index (Phi) is 4.95. The summed E-state index contributed by atoms with van der Waals surface area (Å²) in [6.07, 6.45) is 4.11. The zero-order valence-electron chi connectivity index (χ0n) is 10.7. The van der Waals surface area contributed by atoms with Crippen molar-refractivity contribution in [2.75, 3.05) is 39.4 Å². The second-order valence-corrected chi connectivity index (χ2v) is 4.81. The molecule has 0 aromatic carbocycles. The van der Waals surface area contributed by atoms with Crippen molar-refractivity contribution in [1.29, 1.82) is 0 Å². The number of hydrogen-bond acceptors (Lipinski definition) is 5. The van der Waals surface area contributed by atoms with Gasteiger partial charge in [-0.05, 0) is 19.3 Å². The molecule has 0 aromatic rings. The topological polar surface area (TPSA) is 67.6 Å². The van der Waals surface area contributed by atoms with Crippen LogP contribution in [0.15, 0.2) is 11.4 Å². The molecular weight excluding hydrogens is 234 g/mol. The van der Waals surface area contributed by atoms with E-state index in [9.17, 15) is 10.1 Å². The van der Waals surface area contributed by atoms with Gasteiger partial charge < -0.3 is 10.1 Å². The maximum atomic E-state index is 11.2. The van der Waals surface area contributed by atoms with Crippen LogP contribution in [0.5, 0.6) is 0 Å². The molecule has 2 heterocycles. The van der Waals surface area contributed by atoms with Crippen LogP contribution in [-0.4, -0.2) is 49.2 Å². The fourth-order valence-corrected chi connectivity index (χ4v) is 2.41. The van der Waals surface area contributed by atoms with E-state index in [0.29, 0.717) is 25.5 Å². The lowest BCUT2D eigenvalue weighted by Crippen LogP contribution is -2.39. The fourth-order valence-electron chi connectivity index (χ4n) is 2.41. The Morgan fingerprint density at radius 3 is 2.83 bits per heavy atom. The van der Waals surface area contributed by atoms with Gasteiger partial charge in [-0.3, -0.25) is 15.0 Å². The van der Waals surface area contributed by atoms with Gasteiger partial charge in [-0.1, -0.05) is 6.42 Å². The van der Waals surface area contributed by atoms with Crippen LogP contribution in [0.25, 0.3) is 0 Å². The summed E-state index contributed by atoms with van der Waals surface area (Å²) in [6.45, 7) is 4.20. The molecule has 2 rings (SSSR count). The van der Waals surface area contributed by atoms with E-state index in [1.54, 1.807) is 0 Å². The molecule has 18 heavy (non-hydrogen) atoms. The van der Waals surface area contributed by atoms with E-state index in [-0.39, 0.29) is 4.92 Å². The van der Waals surface area contributed by atoms with Crippen molar-refractivity contribution in [2.45, 2.75) is 25.7 Å². The minimum atomic E-state index is -0.219. The third kappa shape index (κ3) is 3.68. The van der Waals surface area contributed by atoms with Gasteiger partial charge in [-0.25, -0.2) is 0 Å². The predicted molar refractivity (Wildman–Crippen MR) is 67.8 cm³/mol. The van der Waals surface area contributed by atoms with E-state index in [4.69, 9.17) is 4.74 Å². The average molecular weight is 255 g/mol. The van der Waals surface area contributed by atoms with Crippen LogP contribution in [0.1, 0.15) is 25.7 Å². The molecule has 0 saturated carbocycles. The van der Waals surface area contributed by atoms with Crippen LogP contribution in [0.4, 0.5) is 0 Å². The van der Waals surface area contributed by atoms with Crippen molar-refractivity contribution in [3.63, 3.8) is 0 Å². The van der Waals surface area contributed by atoms with E-state index in [1.165, 1.54) is 0 Å². The summed E-state index contributed by atoms with van der Waals surface area (Å²) in [5.74, 6) is 0. The minimum absolute atomic E-state index is 0.219. The van der Waals surface area contributed by atoms with Crippen LogP contribution in [0, 0.1) is 10.1 Å². The second kappa shape index (κ2) is 6.70. The maximum absolute atomic E-state index is 11.2. The molecule has 2 aliphatic rings. The van der Waals surface area contributed by atoms with Gasteiger partial charge in [0, 0.05) is 19.6 Å². The van der Waals surface area contributed by atoms with Crippen molar-refractivity contribution < 1.29 is 9.66 Å². The third-order valence-corrected chi connectivity index (χ3v) is 3.49. The molecule has 0 bridgehead atoms. The van der Waals surface area contributed by atoms with E-state index in [2.05, 4.69) is 10.2 Å². The summed E-state index contributed by atoms with van der Waals surface area (Å²) < 4.78 is 5.26. The minimum Gasteiger partial charge on any atom is -0.383 e. The van der Waals surface area contributed by atoms with Crippen LogP contribution in [-0.2, 0) is 4.74 Å². The summed E-state index contributed by atoms with van der Waals surface area (Å²) in [5.41, 5.74) is 1.18. The Morgan fingerprint density at radius 2 is 2.11 bits per heavy atom. The fraction of sp³-hybridized carbons (Fsp3) is 0.833. The largest absolute Gasteiger partial charge is 0.383 e. The molecule has 2 fully saturated rings. The maximum Gasteiger partial charge on any atom is 0.278 e. The Balaban J connectivity index is 2.05. The lowest BCUT2D eigenvalue weighted by atomic mass is 10.1. The predicted octanol–water partition coefficient (Wildman–Crippen LogP) is 0.970. The average Bonchev–Trinajstić information content (AvgIpc) is 2.65. The molecule has 1 N–H and O–H groups in total. The molecule has 0 aliphatic carbocycles. The highest BCUT2D eigenvalue weighted by atomic mass is 16.6. The number of nitro groups is 1. The molecule has 2 saturated heterocycles. The molecule has 0 spiro atoms. The van der Waals surface area contributed by atoms with Crippen molar-refractivity contribution in [2.24, 2.45) is 0 Å². The van der Waals surface area contributed by atoms with E-state index >= 15 is 0 Å². The summed E-state index contributed by atoms with van der Waals surface area (Å²) in [7, 11) is 0. The molecule has 2 aliphatic heterocycles. The van der Waals surface area contributed by atoms with Gasteiger partial charge in [0.15, 0.2) is 0 Å². The number of hydrogen-bond donors (Lipinski definition) is 1. The summed E-state index contributed by atoms with van der Waals surface area (Å²) in [5, 5.41) is 14.5. The third-order valence-electron chi connectivity index (χ3n) is 3.49. The Morgan fingerprint density at radius 1 is 1.33 bits per heavy atom. The molecule has 0 unspecified atom stereocenters. The zero-order chi connectivity index (χ0) is 12.8. The monoisotopic (exact) mass is 255 g/mol. The summed E-state index contributed by atoms with van der Waals surface area (Å²) >= 11 is 0. The second-order valence-electron chi connectivity index (χ2n) is 4.81. The first-order chi connectivity index (χ1) is 8.77. The highest BCUT2D eigenvalue weighted by Crippen LogP contribution is 2.16. The van der Waals surface area contributed by atoms with Gasteiger partial charge in [-0.15, -0.1) is 0 Å². The Hall–Kier alpha value is -1.14.